The van der Waals surface area contributed by atoms with Gasteiger partial charge in [-0.1, -0.05) is 0 Å². The fraction of sp³-hybridized carbons (Fsp3) is 0.333. The Morgan fingerprint density at radius 3 is 2.95 bits per heavy atom. The number of rotatable bonds is 3. The zero-order chi connectivity index (χ0) is 15.9. The molecular weight excluding hydrogens is 292 g/mol. The number of nitrogens with zero attached hydrogens (tertiary/aromatic N) is 2. The van der Waals surface area contributed by atoms with Crippen molar-refractivity contribution in [2.75, 3.05) is 18.6 Å². The summed E-state index contributed by atoms with van der Waals surface area (Å²) in [5.41, 5.74) is 6.36. The van der Waals surface area contributed by atoms with Crippen LogP contribution in [0.15, 0.2) is 24.4 Å². The van der Waals surface area contributed by atoms with Crippen LogP contribution >= 0.6 is 0 Å². The number of primary amides is 1. The molecule has 2 N–H and O–H groups in total. The lowest BCUT2D eigenvalue weighted by Crippen LogP contribution is -2.40. The number of carbonyl (C=O) groups is 1. The second-order valence-corrected chi connectivity index (χ2v) is 5.24. The van der Waals surface area contributed by atoms with Gasteiger partial charge in [0.05, 0.1) is 19.2 Å². The molecular formula is C15H15F2N3O2. The minimum atomic E-state index is -1.14. The van der Waals surface area contributed by atoms with Crippen molar-refractivity contribution in [2.24, 2.45) is 5.73 Å². The lowest BCUT2D eigenvalue weighted by molar-refractivity contribution is -0.119. The summed E-state index contributed by atoms with van der Waals surface area (Å²) in [4.78, 5) is 17.3. The number of methoxy groups -OCH3 is 1. The Kier molecular flexibility index (Phi) is 3.56. The number of pyridine rings is 1. The maximum absolute atomic E-state index is 13.8. The summed E-state index contributed by atoms with van der Waals surface area (Å²) in [5, 5.41) is 0.584. The molecule has 1 aliphatic rings. The highest BCUT2D eigenvalue weighted by atomic mass is 19.1. The SMILES string of the molecule is COc1cc2c(N3C[C@H](F)C[C@H]3C(N)=O)ccnc2cc1F. The van der Waals surface area contributed by atoms with Crippen molar-refractivity contribution in [3.8, 4) is 5.75 Å². The first kappa shape index (κ1) is 14.5. The van der Waals surface area contributed by atoms with Crippen LogP contribution < -0.4 is 15.4 Å². The molecule has 2 heterocycles. The molecule has 1 saturated heterocycles. The summed E-state index contributed by atoms with van der Waals surface area (Å²) >= 11 is 0. The number of anilines is 1. The number of carbonyl (C=O) groups excluding carboxylic acids is 1. The van der Waals surface area contributed by atoms with E-state index in [2.05, 4.69) is 4.98 Å². The minimum Gasteiger partial charge on any atom is -0.494 e. The molecule has 0 aliphatic carbocycles. The molecule has 22 heavy (non-hydrogen) atoms. The fourth-order valence-corrected chi connectivity index (χ4v) is 2.86. The van der Waals surface area contributed by atoms with Gasteiger partial charge in [-0.05, 0) is 12.1 Å². The molecule has 2 aromatic rings. The van der Waals surface area contributed by atoms with E-state index in [0.717, 1.165) is 0 Å². The predicted molar refractivity (Wildman–Crippen MR) is 78.1 cm³/mol. The molecule has 0 bridgehead atoms. The Labute approximate surface area is 125 Å². The largest absolute Gasteiger partial charge is 0.494 e. The second kappa shape index (κ2) is 5.40. The fourth-order valence-electron chi connectivity index (χ4n) is 2.86. The maximum Gasteiger partial charge on any atom is 0.240 e. The van der Waals surface area contributed by atoms with Crippen molar-refractivity contribution in [3.05, 3.63) is 30.2 Å². The summed E-state index contributed by atoms with van der Waals surface area (Å²) in [6.07, 6.45) is 0.410. The Hall–Kier alpha value is -2.44. The number of benzene rings is 1. The number of hydrogen-bond acceptors (Lipinski definition) is 4. The highest BCUT2D eigenvalue weighted by Crippen LogP contribution is 2.35. The number of aromatic nitrogens is 1. The summed E-state index contributed by atoms with van der Waals surface area (Å²) in [7, 11) is 1.36. The molecule has 0 radical (unpaired) electrons. The monoisotopic (exact) mass is 307 g/mol. The van der Waals surface area contributed by atoms with E-state index >= 15 is 0 Å². The number of hydrogen-bond donors (Lipinski definition) is 1. The summed E-state index contributed by atoms with van der Waals surface area (Å²) in [5.74, 6) is -1.05. The molecule has 116 valence electrons. The van der Waals surface area contributed by atoms with Gasteiger partial charge in [-0.3, -0.25) is 9.78 Å². The normalized spacial score (nSPS) is 21.3. The second-order valence-electron chi connectivity index (χ2n) is 5.24. The Morgan fingerprint density at radius 2 is 2.27 bits per heavy atom. The average Bonchev–Trinajstić information content (AvgIpc) is 2.88. The number of halogens is 2. The molecule has 1 fully saturated rings. The first-order chi connectivity index (χ1) is 10.5. The van der Waals surface area contributed by atoms with Gasteiger partial charge in [0.1, 0.15) is 12.2 Å². The van der Waals surface area contributed by atoms with E-state index in [-0.39, 0.29) is 18.7 Å². The predicted octanol–water partition coefficient (Wildman–Crippen LogP) is 1.78. The first-order valence-corrected chi connectivity index (χ1v) is 6.83. The molecule has 0 unspecified atom stereocenters. The van der Waals surface area contributed by atoms with Crippen LogP contribution in [0.3, 0.4) is 0 Å². The van der Waals surface area contributed by atoms with E-state index in [0.29, 0.717) is 16.6 Å². The third-order valence-electron chi connectivity index (χ3n) is 3.88. The molecule has 1 aromatic heterocycles. The molecule has 3 rings (SSSR count). The molecule has 1 aliphatic heterocycles. The maximum atomic E-state index is 13.8. The van der Waals surface area contributed by atoms with Crippen LogP contribution in [0.2, 0.25) is 0 Å². The van der Waals surface area contributed by atoms with E-state index in [1.165, 1.54) is 25.4 Å². The standard InChI is InChI=1S/C15H15F2N3O2/c1-22-14-5-9-11(6-10(14)17)19-3-2-12(9)20-7-8(16)4-13(20)15(18)21/h2-3,5-6,8,13H,4,7H2,1H3,(H2,18,21)/t8-,13+/m1/s1. The van der Waals surface area contributed by atoms with Crippen LogP contribution in [0.5, 0.6) is 5.75 Å². The van der Waals surface area contributed by atoms with Gasteiger partial charge in [-0.25, -0.2) is 8.78 Å². The van der Waals surface area contributed by atoms with E-state index in [1.807, 2.05) is 0 Å². The highest BCUT2D eigenvalue weighted by molar-refractivity contribution is 5.95. The molecule has 5 nitrogen and oxygen atoms in total. The van der Waals surface area contributed by atoms with Gasteiger partial charge in [0.2, 0.25) is 5.91 Å². The molecule has 1 amide bonds. The van der Waals surface area contributed by atoms with E-state index in [9.17, 15) is 13.6 Å². The molecule has 1 aromatic carbocycles. The van der Waals surface area contributed by atoms with Crippen molar-refractivity contribution >= 4 is 22.5 Å². The van der Waals surface area contributed by atoms with Crippen LogP contribution in [-0.2, 0) is 4.79 Å². The van der Waals surface area contributed by atoms with Gasteiger partial charge in [0, 0.05) is 29.8 Å². The Balaban J connectivity index is 2.16. The van der Waals surface area contributed by atoms with Gasteiger partial charge in [0.15, 0.2) is 11.6 Å². The minimum absolute atomic E-state index is 0.0531. The van der Waals surface area contributed by atoms with E-state index < -0.39 is 23.9 Å². The summed E-state index contributed by atoms with van der Waals surface area (Å²) in [6, 6.07) is 3.68. The lowest BCUT2D eigenvalue weighted by atomic mass is 10.1. The lowest BCUT2D eigenvalue weighted by Gasteiger charge is -2.25. The first-order valence-electron chi connectivity index (χ1n) is 6.83. The van der Waals surface area contributed by atoms with Crippen LogP contribution in [0, 0.1) is 5.82 Å². The number of alkyl halides is 1. The van der Waals surface area contributed by atoms with Crippen LogP contribution in [0.1, 0.15) is 6.42 Å². The van der Waals surface area contributed by atoms with Crippen molar-refractivity contribution in [2.45, 2.75) is 18.6 Å². The van der Waals surface area contributed by atoms with E-state index in [1.54, 1.807) is 11.0 Å². The third-order valence-corrected chi connectivity index (χ3v) is 3.88. The van der Waals surface area contributed by atoms with Gasteiger partial charge < -0.3 is 15.4 Å². The van der Waals surface area contributed by atoms with Gasteiger partial charge in [-0.2, -0.15) is 0 Å². The topological polar surface area (TPSA) is 68.5 Å². The molecule has 0 saturated carbocycles. The molecule has 7 heteroatoms. The van der Waals surface area contributed by atoms with Crippen LogP contribution in [0.4, 0.5) is 14.5 Å². The number of nitrogens with two attached hydrogens (primary N) is 1. The van der Waals surface area contributed by atoms with Gasteiger partial charge in [-0.15, -0.1) is 0 Å². The van der Waals surface area contributed by atoms with E-state index in [4.69, 9.17) is 10.5 Å². The quantitative estimate of drug-likeness (QED) is 0.938. The van der Waals surface area contributed by atoms with Crippen LogP contribution in [0.25, 0.3) is 10.9 Å². The highest BCUT2D eigenvalue weighted by Gasteiger charge is 2.36. The smallest absolute Gasteiger partial charge is 0.240 e. The van der Waals surface area contributed by atoms with Gasteiger partial charge in [0.25, 0.3) is 0 Å². The number of ether oxygens (including phenoxy) is 1. The molecule has 0 spiro atoms. The van der Waals surface area contributed by atoms with Crippen LogP contribution in [-0.4, -0.2) is 36.8 Å². The summed E-state index contributed by atoms with van der Waals surface area (Å²) < 4.78 is 32.5. The van der Waals surface area contributed by atoms with Gasteiger partial charge >= 0.3 is 0 Å². The van der Waals surface area contributed by atoms with Crippen molar-refractivity contribution in [3.63, 3.8) is 0 Å². The van der Waals surface area contributed by atoms with Crippen molar-refractivity contribution in [1.29, 1.82) is 0 Å². The third kappa shape index (κ3) is 2.32. The van der Waals surface area contributed by atoms with Crippen molar-refractivity contribution in [1.82, 2.24) is 4.98 Å². The number of fused-ring (bicyclic) bond motifs is 1. The molecule has 2 atom stereocenters. The zero-order valence-corrected chi connectivity index (χ0v) is 11.9. The summed E-state index contributed by atoms with van der Waals surface area (Å²) in [6.45, 7) is 0.0619. The Bertz CT molecular complexity index is 738. The van der Waals surface area contributed by atoms with Crippen molar-refractivity contribution < 1.29 is 18.3 Å². The average molecular weight is 307 g/mol. The zero-order valence-electron chi connectivity index (χ0n) is 11.9. The Morgan fingerprint density at radius 1 is 1.50 bits per heavy atom. The number of amides is 1.